The Labute approximate surface area is 111 Å². The highest BCUT2D eigenvalue weighted by molar-refractivity contribution is 5.80. The number of ether oxygens (including phenoxy) is 2. The number of esters is 1. The van der Waals surface area contributed by atoms with Gasteiger partial charge in [0.2, 0.25) is 0 Å². The smallest absolute Gasteiger partial charge is 0.344 e. The van der Waals surface area contributed by atoms with Crippen LogP contribution >= 0.6 is 0 Å². The van der Waals surface area contributed by atoms with Gasteiger partial charge in [-0.05, 0) is 12.1 Å². The van der Waals surface area contributed by atoms with Crippen LogP contribution in [0.3, 0.4) is 0 Å². The minimum Gasteiger partial charge on any atom is -0.481 e. The van der Waals surface area contributed by atoms with Gasteiger partial charge in [-0.1, -0.05) is 12.1 Å². The number of hydrogen-bond acceptors (Lipinski definition) is 5. The quantitative estimate of drug-likeness (QED) is 0.725. The summed E-state index contributed by atoms with van der Waals surface area (Å²) >= 11 is 0. The first-order valence-corrected chi connectivity index (χ1v) is 5.52. The Hall–Kier alpha value is -2.55. The van der Waals surface area contributed by atoms with Gasteiger partial charge in [0.15, 0.2) is 13.2 Å². The minimum atomic E-state index is -0.664. The molecular weight excluding hydrogens is 248 g/mol. The van der Waals surface area contributed by atoms with Crippen molar-refractivity contribution in [3.05, 3.63) is 29.8 Å². The number of para-hydroxylation sites is 1. The van der Waals surface area contributed by atoms with Crippen molar-refractivity contribution in [3.63, 3.8) is 0 Å². The van der Waals surface area contributed by atoms with E-state index in [9.17, 15) is 9.59 Å². The van der Waals surface area contributed by atoms with Crippen molar-refractivity contribution >= 4 is 11.9 Å². The summed E-state index contributed by atoms with van der Waals surface area (Å²) < 4.78 is 9.88. The fourth-order valence-electron chi connectivity index (χ4n) is 1.13. The Balaban J connectivity index is 2.43. The molecule has 1 rings (SSSR count). The van der Waals surface area contributed by atoms with Crippen molar-refractivity contribution in [2.24, 2.45) is 0 Å². The summed E-state index contributed by atoms with van der Waals surface area (Å²) in [4.78, 5) is 23.8. The van der Waals surface area contributed by atoms with E-state index >= 15 is 0 Å². The molecule has 0 aliphatic heterocycles. The van der Waals surface area contributed by atoms with E-state index in [1.807, 2.05) is 6.07 Å². The van der Waals surface area contributed by atoms with Crippen LogP contribution in [0.1, 0.15) is 5.56 Å². The van der Waals surface area contributed by atoms with Gasteiger partial charge in [-0.15, -0.1) is 0 Å². The van der Waals surface area contributed by atoms with Gasteiger partial charge in [-0.3, -0.25) is 4.79 Å². The molecule has 0 unspecified atom stereocenters. The molecule has 19 heavy (non-hydrogen) atoms. The molecule has 1 amide bonds. The number of carbonyl (C=O) groups is 2. The molecule has 1 aromatic rings. The third-order valence-electron chi connectivity index (χ3n) is 2.21. The van der Waals surface area contributed by atoms with Gasteiger partial charge in [0.1, 0.15) is 11.8 Å². The van der Waals surface area contributed by atoms with Gasteiger partial charge in [-0.2, -0.15) is 5.26 Å². The number of carbonyl (C=O) groups excluding carboxylic acids is 2. The normalized spacial score (nSPS) is 9.32. The van der Waals surface area contributed by atoms with Crippen molar-refractivity contribution in [1.82, 2.24) is 4.90 Å². The second-order valence-electron chi connectivity index (χ2n) is 3.85. The van der Waals surface area contributed by atoms with Crippen LogP contribution in [0.15, 0.2) is 24.3 Å². The molecule has 0 aliphatic rings. The number of benzene rings is 1. The van der Waals surface area contributed by atoms with E-state index in [2.05, 4.69) is 0 Å². The van der Waals surface area contributed by atoms with Crippen molar-refractivity contribution in [1.29, 1.82) is 5.26 Å². The minimum absolute atomic E-state index is 0.306. The topological polar surface area (TPSA) is 79.6 Å². The third-order valence-corrected chi connectivity index (χ3v) is 2.21. The molecule has 6 heteroatoms. The molecular formula is C13H14N2O4. The number of rotatable bonds is 5. The summed E-state index contributed by atoms with van der Waals surface area (Å²) in [6, 6.07) is 8.49. The number of nitrogens with zero attached hydrogens (tertiary/aromatic N) is 2. The molecule has 0 aromatic heterocycles. The van der Waals surface area contributed by atoms with Crippen LogP contribution in [0.5, 0.6) is 5.75 Å². The van der Waals surface area contributed by atoms with Gasteiger partial charge >= 0.3 is 5.97 Å². The van der Waals surface area contributed by atoms with E-state index in [-0.39, 0.29) is 19.1 Å². The molecule has 6 nitrogen and oxygen atoms in total. The predicted octanol–water partition coefficient (Wildman–Crippen LogP) is 0.568. The van der Waals surface area contributed by atoms with Gasteiger partial charge in [0.05, 0.1) is 5.56 Å². The SMILES string of the molecule is CN(C)C(=O)COC(=O)COc1ccccc1C#N. The summed E-state index contributed by atoms with van der Waals surface area (Å²) in [5.41, 5.74) is 0.333. The van der Waals surface area contributed by atoms with Crippen molar-refractivity contribution < 1.29 is 19.1 Å². The highest BCUT2D eigenvalue weighted by atomic mass is 16.6. The second-order valence-corrected chi connectivity index (χ2v) is 3.85. The van der Waals surface area contributed by atoms with Crippen LogP contribution < -0.4 is 4.74 Å². The van der Waals surface area contributed by atoms with Crippen molar-refractivity contribution in [3.8, 4) is 11.8 Å². The Kier molecular flexibility index (Phi) is 5.35. The molecule has 0 spiro atoms. The summed E-state index contributed by atoms with van der Waals surface area (Å²) in [6.45, 7) is -0.672. The van der Waals surface area contributed by atoms with Gasteiger partial charge in [0.25, 0.3) is 5.91 Å². The summed E-state index contributed by atoms with van der Waals surface area (Å²) in [6.07, 6.45) is 0. The zero-order valence-electron chi connectivity index (χ0n) is 10.8. The van der Waals surface area contributed by atoms with Crippen LogP contribution in [-0.4, -0.2) is 44.1 Å². The standard InChI is InChI=1S/C13H14N2O4/c1-15(2)12(16)8-19-13(17)9-18-11-6-4-3-5-10(11)7-14/h3-6H,8-9H2,1-2H3. The lowest BCUT2D eigenvalue weighted by Gasteiger charge is -2.11. The molecule has 0 saturated carbocycles. The average Bonchev–Trinajstić information content (AvgIpc) is 2.42. The number of amides is 1. The highest BCUT2D eigenvalue weighted by Crippen LogP contribution is 2.16. The maximum Gasteiger partial charge on any atom is 0.344 e. The second kappa shape index (κ2) is 7.01. The lowest BCUT2D eigenvalue weighted by molar-refractivity contribution is -0.152. The summed E-state index contributed by atoms with van der Waals surface area (Å²) in [5.74, 6) is -0.672. The van der Waals surface area contributed by atoms with E-state index in [0.29, 0.717) is 11.3 Å². The fourth-order valence-corrected chi connectivity index (χ4v) is 1.13. The summed E-state index contributed by atoms with van der Waals surface area (Å²) in [7, 11) is 3.13. The zero-order chi connectivity index (χ0) is 14.3. The molecule has 0 saturated heterocycles. The van der Waals surface area contributed by atoms with Crippen molar-refractivity contribution in [2.75, 3.05) is 27.3 Å². The molecule has 0 bridgehead atoms. The first-order chi connectivity index (χ1) is 9.04. The van der Waals surface area contributed by atoms with Crippen LogP contribution in [0, 0.1) is 11.3 Å². The van der Waals surface area contributed by atoms with E-state index in [1.54, 1.807) is 38.4 Å². The van der Waals surface area contributed by atoms with Crippen molar-refractivity contribution in [2.45, 2.75) is 0 Å². The Morgan fingerprint density at radius 1 is 1.26 bits per heavy atom. The zero-order valence-corrected chi connectivity index (χ0v) is 10.8. The number of hydrogen-bond donors (Lipinski definition) is 0. The Morgan fingerprint density at radius 2 is 1.95 bits per heavy atom. The van der Waals surface area contributed by atoms with E-state index in [1.165, 1.54) is 4.90 Å². The number of likely N-dealkylation sites (N-methyl/N-ethyl adjacent to an activating group) is 1. The summed E-state index contributed by atoms with van der Waals surface area (Å²) in [5, 5.41) is 8.82. The largest absolute Gasteiger partial charge is 0.481 e. The average molecular weight is 262 g/mol. The molecule has 100 valence electrons. The first kappa shape index (κ1) is 14.5. The molecule has 0 radical (unpaired) electrons. The molecule has 0 fully saturated rings. The molecule has 0 N–H and O–H groups in total. The van der Waals surface area contributed by atoms with Crippen LogP contribution in [0.25, 0.3) is 0 Å². The highest BCUT2D eigenvalue weighted by Gasteiger charge is 2.10. The maximum absolute atomic E-state index is 11.3. The van der Waals surface area contributed by atoms with E-state index in [0.717, 1.165) is 0 Å². The van der Waals surface area contributed by atoms with Gasteiger partial charge in [-0.25, -0.2) is 4.79 Å². The first-order valence-electron chi connectivity index (χ1n) is 5.52. The van der Waals surface area contributed by atoms with Crippen LogP contribution in [0.4, 0.5) is 0 Å². The molecule has 0 heterocycles. The molecule has 0 atom stereocenters. The lowest BCUT2D eigenvalue weighted by Crippen LogP contribution is -2.28. The number of nitriles is 1. The van der Waals surface area contributed by atoms with Gasteiger partial charge < -0.3 is 14.4 Å². The van der Waals surface area contributed by atoms with Gasteiger partial charge in [0, 0.05) is 14.1 Å². The van der Waals surface area contributed by atoms with Crippen LogP contribution in [-0.2, 0) is 14.3 Å². The molecule has 0 aliphatic carbocycles. The maximum atomic E-state index is 11.3. The monoisotopic (exact) mass is 262 g/mol. The Bertz CT molecular complexity index is 506. The van der Waals surface area contributed by atoms with Crippen LogP contribution in [0.2, 0.25) is 0 Å². The Morgan fingerprint density at radius 3 is 2.58 bits per heavy atom. The van der Waals surface area contributed by atoms with E-state index < -0.39 is 5.97 Å². The van der Waals surface area contributed by atoms with E-state index in [4.69, 9.17) is 14.7 Å². The lowest BCUT2D eigenvalue weighted by atomic mass is 10.2. The third kappa shape index (κ3) is 4.68. The predicted molar refractivity (Wildman–Crippen MR) is 66.3 cm³/mol. The molecule has 1 aromatic carbocycles. The fraction of sp³-hybridized carbons (Fsp3) is 0.308.